The van der Waals surface area contributed by atoms with E-state index in [4.69, 9.17) is 4.74 Å². The number of amides is 2. The fourth-order valence-corrected chi connectivity index (χ4v) is 6.27. The highest BCUT2D eigenvalue weighted by Crippen LogP contribution is 2.38. The molecule has 180 valence electrons. The number of rotatable bonds is 9. The summed E-state index contributed by atoms with van der Waals surface area (Å²) in [5.41, 5.74) is 5.10. The smallest absolute Gasteiger partial charge is 0.254 e. The molecule has 0 atom stereocenters. The van der Waals surface area contributed by atoms with Gasteiger partial charge >= 0.3 is 0 Å². The van der Waals surface area contributed by atoms with Crippen LogP contribution in [0.5, 0.6) is 0 Å². The van der Waals surface area contributed by atoms with Crippen LogP contribution in [0.4, 0.5) is 5.00 Å². The maximum atomic E-state index is 12.9. The Hall–Kier alpha value is -2.62. The van der Waals surface area contributed by atoms with Gasteiger partial charge in [-0.3, -0.25) is 14.2 Å². The number of thioether (sulfide) groups is 1. The minimum Gasteiger partial charge on any atom is -0.383 e. The average Bonchev–Trinajstić information content (AvgIpc) is 3.42. The number of methoxy groups -OCH3 is 1. The van der Waals surface area contributed by atoms with Crippen molar-refractivity contribution < 1.29 is 14.3 Å². The molecule has 0 bridgehead atoms. The van der Waals surface area contributed by atoms with Gasteiger partial charge in [-0.05, 0) is 56.7 Å². The third-order valence-electron chi connectivity index (χ3n) is 5.79. The lowest BCUT2D eigenvalue weighted by Crippen LogP contribution is -2.29. The second-order valence-corrected chi connectivity index (χ2v) is 10.4. The highest BCUT2D eigenvalue weighted by atomic mass is 32.2. The molecule has 2 amide bonds. The van der Waals surface area contributed by atoms with Crippen LogP contribution in [0.1, 0.15) is 44.8 Å². The Morgan fingerprint density at radius 2 is 2.06 bits per heavy atom. The molecule has 0 saturated carbocycles. The van der Waals surface area contributed by atoms with Crippen LogP contribution in [0.25, 0.3) is 5.69 Å². The SMILES string of the molecule is COCCNC(=O)c1c(NC(=O)CSc2nccn2-c2ccc(C)cc2C)sc2c1CCCC2. The summed E-state index contributed by atoms with van der Waals surface area (Å²) in [7, 11) is 1.60. The van der Waals surface area contributed by atoms with Crippen molar-refractivity contribution in [1.82, 2.24) is 14.9 Å². The summed E-state index contributed by atoms with van der Waals surface area (Å²) < 4.78 is 7.05. The Morgan fingerprint density at radius 3 is 2.85 bits per heavy atom. The average molecular weight is 499 g/mol. The number of imidazole rings is 1. The summed E-state index contributed by atoms with van der Waals surface area (Å²) in [4.78, 5) is 31.5. The maximum Gasteiger partial charge on any atom is 0.254 e. The zero-order valence-electron chi connectivity index (χ0n) is 19.8. The van der Waals surface area contributed by atoms with Crippen molar-refractivity contribution in [1.29, 1.82) is 0 Å². The lowest BCUT2D eigenvalue weighted by molar-refractivity contribution is -0.113. The largest absolute Gasteiger partial charge is 0.383 e. The van der Waals surface area contributed by atoms with E-state index in [2.05, 4.69) is 47.7 Å². The number of ether oxygens (including phenoxy) is 1. The molecule has 1 aromatic carbocycles. The molecule has 0 aliphatic heterocycles. The van der Waals surface area contributed by atoms with Gasteiger partial charge in [-0.2, -0.15) is 0 Å². The second kappa shape index (κ2) is 11.2. The summed E-state index contributed by atoms with van der Waals surface area (Å²) in [6, 6.07) is 6.27. The van der Waals surface area contributed by atoms with Crippen molar-refractivity contribution in [2.45, 2.75) is 44.7 Å². The normalized spacial score (nSPS) is 12.9. The van der Waals surface area contributed by atoms with E-state index in [0.29, 0.717) is 23.7 Å². The fourth-order valence-electron chi connectivity index (χ4n) is 4.20. The zero-order chi connectivity index (χ0) is 24.1. The van der Waals surface area contributed by atoms with Gasteiger partial charge in [0, 0.05) is 30.9 Å². The number of aryl methyl sites for hydroxylation is 3. The molecule has 3 aromatic rings. The van der Waals surface area contributed by atoms with E-state index < -0.39 is 0 Å². The summed E-state index contributed by atoms with van der Waals surface area (Å²) in [6.45, 7) is 5.02. The molecule has 34 heavy (non-hydrogen) atoms. The van der Waals surface area contributed by atoms with Gasteiger partial charge in [-0.1, -0.05) is 29.5 Å². The number of thiophene rings is 1. The van der Waals surface area contributed by atoms with Gasteiger partial charge in [0.2, 0.25) is 5.91 Å². The van der Waals surface area contributed by atoms with Crippen LogP contribution >= 0.6 is 23.1 Å². The van der Waals surface area contributed by atoms with Gasteiger partial charge in [0.1, 0.15) is 5.00 Å². The maximum absolute atomic E-state index is 12.9. The van der Waals surface area contributed by atoms with Crippen LogP contribution < -0.4 is 10.6 Å². The number of aromatic nitrogens is 2. The van der Waals surface area contributed by atoms with Crippen molar-refractivity contribution in [3.8, 4) is 5.69 Å². The molecule has 9 heteroatoms. The van der Waals surface area contributed by atoms with E-state index in [1.54, 1.807) is 13.3 Å². The number of hydrogen-bond acceptors (Lipinski definition) is 6. The van der Waals surface area contributed by atoms with Gasteiger partial charge in [0.15, 0.2) is 5.16 Å². The summed E-state index contributed by atoms with van der Waals surface area (Å²) in [5.74, 6) is -0.0932. The van der Waals surface area contributed by atoms with E-state index in [0.717, 1.165) is 47.7 Å². The molecule has 2 N–H and O–H groups in total. The molecule has 0 radical (unpaired) electrons. The topological polar surface area (TPSA) is 85.2 Å². The molecule has 7 nitrogen and oxygen atoms in total. The second-order valence-electron chi connectivity index (χ2n) is 8.37. The Morgan fingerprint density at radius 1 is 1.24 bits per heavy atom. The Labute approximate surface area is 208 Å². The Kier molecular flexibility index (Phi) is 8.07. The molecule has 1 aliphatic carbocycles. The lowest BCUT2D eigenvalue weighted by atomic mass is 9.95. The number of benzene rings is 1. The predicted molar refractivity (Wildman–Crippen MR) is 138 cm³/mol. The monoisotopic (exact) mass is 498 g/mol. The lowest BCUT2D eigenvalue weighted by Gasteiger charge is -2.13. The van der Waals surface area contributed by atoms with Crippen LogP contribution in [-0.4, -0.2) is 47.4 Å². The van der Waals surface area contributed by atoms with Crippen molar-refractivity contribution >= 4 is 39.9 Å². The van der Waals surface area contributed by atoms with Crippen LogP contribution in [-0.2, 0) is 22.4 Å². The molecular weight excluding hydrogens is 468 g/mol. The third kappa shape index (κ3) is 5.54. The molecule has 0 saturated heterocycles. The van der Waals surface area contributed by atoms with Crippen LogP contribution in [0.2, 0.25) is 0 Å². The van der Waals surface area contributed by atoms with Gasteiger partial charge in [-0.25, -0.2) is 4.98 Å². The highest BCUT2D eigenvalue weighted by Gasteiger charge is 2.26. The number of hydrogen-bond donors (Lipinski definition) is 2. The molecule has 0 spiro atoms. The number of nitrogens with zero attached hydrogens (tertiary/aromatic N) is 2. The number of anilines is 1. The molecular formula is C25H30N4O3S2. The third-order valence-corrected chi connectivity index (χ3v) is 7.97. The number of nitrogens with one attached hydrogen (secondary N) is 2. The molecule has 0 fully saturated rings. The van der Waals surface area contributed by atoms with Gasteiger partial charge in [0.05, 0.1) is 23.6 Å². The van der Waals surface area contributed by atoms with Gasteiger partial charge in [0.25, 0.3) is 5.91 Å². The van der Waals surface area contributed by atoms with E-state index in [1.165, 1.54) is 33.5 Å². The number of carbonyl (C=O) groups excluding carboxylic acids is 2. The van der Waals surface area contributed by atoms with Gasteiger partial charge in [-0.15, -0.1) is 11.3 Å². The van der Waals surface area contributed by atoms with Gasteiger partial charge < -0.3 is 15.4 Å². The summed E-state index contributed by atoms with van der Waals surface area (Å²) in [6.07, 6.45) is 7.66. The molecule has 2 heterocycles. The van der Waals surface area contributed by atoms with E-state index >= 15 is 0 Å². The number of carbonyl (C=O) groups is 2. The van der Waals surface area contributed by atoms with Crippen LogP contribution in [0.3, 0.4) is 0 Å². The Bertz CT molecular complexity index is 1190. The summed E-state index contributed by atoms with van der Waals surface area (Å²) >= 11 is 2.91. The molecule has 2 aromatic heterocycles. The Balaban J connectivity index is 1.47. The fraction of sp³-hybridized carbons (Fsp3) is 0.400. The highest BCUT2D eigenvalue weighted by molar-refractivity contribution is 7.99. The van der Waals surface area contributed by atoms with E-state index in [9.17, 15) is 9.59 Å². The van der Waals surface area contributed by atoms with Crippen molar-refractivity contribution in [3.05, 3.63) is 57.7 Å². The first-order valence-corrected chi connectivity index (χ1v) is 13.2. The van der Waals surface area contributed by atoms with Crippen LogP contribution in [0.15, 0.2) is 35.7 Å². The quantitative estimate of drug-likeness (QED) is 0.334. The van der Waals surface area contributed by atoms with Crippen molar-refractivity contribution in [2.75, 3.05) is 31.3 Å². The minimum absolute atomic E-state index is 0.148. The standard InChI is InChI=1S/C25H30N4O3S2/c1-16-8-9-19(17(2)14-16)29-12-10-27-25(29)33-15-21(30)28-24-22(23(31)26-11-13-32-3)18-6-4-5-7-20(18)34-24/h8-10,12,14H,4-7,11,13,15H2,1-3H3,(H,26,31)(H,28,30). The molecule has 4 rings (SSSR count). The summed E-state index contributed by atoms with van der Waals surface area (Å²) in [5, 5.41) is 7.32. The first kappa shape index (κ1) is 24.5. The first-order valence-electron chi connectivity index (χ1n) is 11.4. The molecule has 0 unspecified atom stereocenters. The van der Waals surface area contributed by atoms with Crippen molar-refractivity contribution in [3.63, 3.8) is 0 Å². The van der Waals surface area contributed by atoms with E-state index in [1.807, 2.05) is 10.8 Å². The first-order chi connectivity index (χ1) is 16.5. The van der Waals surface area contributed by atoms with Crippen molar-refractivity contribution in [2.24, 2.45) is 0 Å². The number of fused-ring (bicyclic) bond motifs is 1. The zero-order valence-corrected chi connectivity index (χ0v) is 21.4. The molecule has 1 aliphatic rings. The predicted octanol–water partition coefficient (Wildman–Crippen LogP) is 4.54. The van der Waals surface area contributed by atoms with Crippen LogP contribution in [0, 0.1) is 13.8 Å². The van der Waals surface area contributed by atoms with E-state index in [-0.39, 0.29) is 17.6 Å². The minimum atomic E-state index is -0.148.